The molecular weight excluding hydrogens is 320 g/mol. The van der Waals surface area contributed by atoms with E-state index >= 15 is 0 Å². The van der Waals surface area contributed by atoms with Crippen LogP contribution in [0.3, 0.4) is 0 Å². The van der Waals surface area contributed by atoms with Gasteiger partial charge in [0.2, 0.25) is 17.8 Å². The Morgan fingerprint density at radius 3 is 2.68 bits per heavy atom. The molecule has 130 valence electrons. The van der Waals surface area contributed by atoms with E-state index in [1.165, 1.54) is 0 Å². The highest BCUT2D eigenvalue weighted by Crippen LogP contribution is 2.19. The molecule has 1 saturated heterocycles. The molecule has 25 heavy (non-hydrogen) atoms. The summed E-state index contributed by atoms with van der Waals surface area (Å²) in [5, 5.41) is 5.87. The summed E-state index contributed by atoms with van der Waals surface area (Å²) in [6.07, 6.45) is 5.24. The molecule has 0 aromatic carbocycles. The molecule has 2 N–H and O–H groups in total. The third-order valence-electron chi connectivity index (χ3n) is 3.94. The second-order valence-corrected chi connectivity index (χ2v) is 5.79. The zero-order valence-corrected chi connectivity index (χ0v) is 13.8. The monoisotopic (exact) mass is 340 g/mol. The molecule has 2 aromatic rings. The van der Waals surface area contributed by atoms with Crippen LogP contribution in [0, 0.1) is 5.92 Å². The van der Waals surface area contributed by atoms with Gasteiger partial charge in [-0.3, -0.25) is 14.6 Å². The van der Waals surface area contributed by atoms with Gasteiger partial charge in [-0.2, -0.15) is 0 Å². The number of carbonyl (C=O) groups is 2. The van der Waals surface area contributed by atoms with Crippen LogP contribution < -0.4 is 10.6 Å². The summed E-state index contributed by atoms with van der Waals surface area (Å²) in [6, 6.07) is 7.33. The van der Waals surface area contributed by atoms with Gasteiger partial charge >= 0.3 is 0 Å². The Bertz CT molecular complexity index is 710. The molecule has 2 aromatic heterocycles. The van der Waals surface area contributed by atoms with Crippen molar-refractivity contribution in [3.05, 3.63) is 48.5 Å². The standard InChI is InChI=1S/C17H20N6O2/c24-15-10-13(11-23(15)12-14-4-1-2-5-18-14)16(25)19-8-9-22-17-20-6-3-7-21-17/h1-7,13H,8-12H2,(H,19,25)(H,20,21,22)/t13-/m0/s1. The smallest absolute Gasteiger partial charge is 0.225 e. The fourth-order valence-corrected chi connectivity index (χ4v) is 2.68. The first-order valence-electron chi connectivity index (χ1n) is 8.18. The van der Waals surface area contributed by atoms with Crippen molar-refractivity contribution >= 4 is 17.8 Å². The Hall–Kier alpha value is -3.03. The molecule has 0 unspecified atom stereocenters. The number of carbonyl (C=O) groups excluding carboxylic acids is 2. The predicted molar refractivity (Wildman–Crippen MR) is 91.3 cm³/mol. The number of nitrogens with zero attached hydrogens (tertiary/aromatic N) is 4. The second-order valence-electron chi connectivity index (χ2n) is 5.79. The zero-order valence-electron chi connectivity index (χ0n) is 13.8. The highest BCUT2D eigenvalue weighted by Gasteiger charge is 2.34. The van der Waals surface area contributed by atoms with Crippen molar-refractivity contribution in [2.24, 2.45) is 5.92 Å². The predicted octanol–water partition coefficient (Wildman–Crippen LogP) is 0.448. The summed E-state index contributed by atoms with van der Waals surface area (Å²) in [5.41, 5.74) is 0.823. The molecule has 1 aliphatic heterocycles. The number of amides is 2. The van der Waals surface area contributed by atoms with Gasteiger partial charge in [-0.1, -0.05) is 6.07 Å². The van der Waals surface area contributed by atoms with Gasteiger partial charge in [-0.05, 0) is 18.2 Å². The van der Waals surface area contributed by atoms with Crippen molar-refractivity contribution in [1.29, 1.82) is 0 Å². The number of nitrogens with one attached hydrogen (secondary N) is 2. The average molecular weight is 340 g/mol. The van der Waals surface area contributed by atoms with Crippen molar-refractivity contribution in [3.8, 4) is 0 Å². The van der Waals surface area contributed by atoms with Gasteiger partial charge in [0.15, 0.2) is 0 Å². The molecule has 1 aliphatic rings. The SMILES string of the molecule is O=C(NCCNc1ncccn1)[C@H]1CC(=O)N(Cc2ccccn2)C1. The van der Waals surface area contributed by atoms with E-state index in [9.17, 15) is 9.59 Å². The van der Waals surface area contributed by atoms with Crippen LogP contribution in [0.5, 0.6) is 0 Å². The van der Waals surface area contributed by atoms with Crippen molar-refractivity contribution in [2.75, 3.05) is 25.0 Å². The normalized spacial score (nSPS) is 16.7. The summed E-state index contributed by atoms with van der Waals surface area (Å²) in [6.45, 7) is 1.84. The van der Waals surface area contributed by atoms with Crippen molar-refractivity contribution in [3.63, 3.8) is 0 Å². The highest BCUT2D eigenvalue weighted by atomic mass is 16.2. The van der Waals surface area contributed by atoms with Crippen LogP contribution in [0.15, 0.2) is 42.9 Å². The third kappa shape index (κ3) is 4.72. The van der Waals surface area contributed by atoms with Gasteiger partial charge in [-0.25, -0.2) is 9.97 Å². The van der Waals surface area contributed by atoms with E-state index in [4.69, 9.17) is 0 Å². The molecule has 8 heteroatoms. The molecule has 2 amide bonds. The third-order valence-corrected chi connectivity index (χ3v) is 3.94. The quantitative estimate of drug-likeness (QED) is 0.710. The lowest BCUT2D eigenvalue weighted by Gasteiger charge is -2.16. The molecule has 8 nitrogen and oxygen atoms in total. The molecule has 0 saturated carbocycles. The maximum atomic E-state index is 12.2. The highest BCUT2D eigenvalue weighted by molar-refractivity contribution is 5.89. The van der Waals surface area contributed by atoms with Crippen molar-refractivity contribution in [1.82, 2.24) is 25.2 Å². The minimum Gasteiger partial charge on any atom is -0.354 e. The fourth-order valence-electron chi connectivity index (χ4n) is 2.68. The molecule has 1 atom stereocenters. The summed E-state index contributed by atoms with van der Waals surface area (Å²) in [4.78, 5) is 38.3. The zero-order chi connectivity index (χ0) is 17.5. The number of anilines is 1. The number of hydrogen-bond acceptors (Lipinski definition) is 6. The molecule has 3 rings (SSSR count). The van der Waals surface area contributed by atoms with Gasteiger partial charge in [0.1, 0.15) is 0 Å². The van der Waals surface area contributed by atoms with Gasteiger partial charge in [-0.15, -0.1) is 0 Å². The summed E-state index contributed by atoms with van der Waals surface area (Å²) < 4.78 is 0. The number of hydrogen-bond donors (Lipinski definition) is 2. The van der Waals surface area contributed by atoms with E-state index in [-0.39, 0.29) is 24.2 Å². The van der Waals surface area contributed by atoms with E-state index in [0.29, 0.717) is 32.1 Å². The Labute approximate surface area is 145 Å². The van der Waals surface area contributed by atoms with Crippen LogP contribution in [0.2, 0.25) is 0 Å². The molecular formula is C17H20N6O2. The van der Waals surface area contributed by atoms with Gasteiger partial charge in [0, 0.05) is 44.6 Å². The topological polar surface area (TPSA) is 100 Å². The van der Waals surface area contributed by atoms with E-state index < -0.39 is 0 Å². The maximum absolute atomic E-state index is 12.2. The molecule has 0 aliphatic carbocycles. The van der Waals surface area contributed by atoms with E-state index in [0.717, 1.165) is 5.69 Å². The number of aromatic nitrogens is 3. The van der Waals surface area contributed by atoms with Crippen LogP contribution in [-0.4, -0.2) is 51.3 Å². The Morgan fingerprint density at radius 2 is 1.92 bits per heavy atom. The number of rotatable bonds is 7. The summed E-state index contributed by atoms with van der Waals surface area (Å²) in [7, 11) is 0. The van der Waals surface area contributed by atoms with E-state index in [2.05, 4.69) is 25.6 Å². The largest absolute Gasteiger partial charge is 0.354 e. The fraction of sp³-hybridized carbons (Fsp3) is 0.353. The molecule has 0 spiro atoms. The first-order chi connectivity index (χ1) is 12.2. The molecule has 3 heterocycles. The lowest BCUT2D eigenvalue weighted by Crippen LogP contribution is -2.35. The lowest BCUT2D eigenvalue weighted by atomic mass is 10.1. The minimum atomic E-state index is -0.316. The number of likely N-dealkylation sites (tertiary alicyclic amines) is 1. The molecule has 1 fully saturated rings. The molecule has 0 bridgehead atoms. The van der Waals surface area contributed by atoms with Crippen LogP contribution >= 0.6 is 0 Å². The van der Waals surface area contributed by atoms with Crippen LogP contribution in [-0.2, 0) is 16.1 Å². The second kappa shape index (κ2) is 8.18. The van der Waals surface area contributed by atoms with Crippen LogP contribution in [0.1, 0.15) is 12.1 Å². The van der Waals surface area contributed by atoms with Crippen molar-refractivity contribution in [2.45, 2.75) is 13.0 Å². The first kappa shape index (κ1) is 16.8. The van der Waals surface area contributed by atoms with E-state index in [1.807, 2.05) is 18.2 Å². The Kier molecular flexibility index (Phi) is 5.50. The van der Waals surface area contributed by atoms with Crippen molar-refractivity contribution < 1.29 is 9.59 Å². The maximum Gasteiger partial charge on any atom is 0.225 e. The summed E-state index contributed by atoms with van der Waals surface area (Å²) in [5.74, 6) is 0.0905. The average Bonchev–Trinajstić information content (AvgIpc) is 3.01. The Morgan fingerprint density at radius 1 is 1.12 bits per heavy atom. The van der Waals surface area contributed by atoms with Crippen LogP contribution in [0.4, 0.5) is 5.95 Å². The van der Waals surface area contributed by atoms with Gasteiger partial charge in [0.25, 0.3) is 0 Å². The summed E-state index contributed by atoms with van der Waals surface area (Å²) >= 11 is 0. The first-order valence-corrected chi connectivity index (χ1v) is 8.18. The number of pyridine rings is 1. The minimum absolute atomic E-state index is 0.0124. The Balaban J connectivity index is 1.41. The van der Waals surface area contributed by atoms with Gasteiger partial charge < -0.3 is 15.5 Å². The van der Waals surface area contributed by atoms with E-state index in [1.54, 1.807) is 29.6 Å². The molecule has 0 radical (unpaired) electrons. The van der Waals surface area contributed by atoms with Gasteiger partial charge in [0.05, 0.1) is 18.2 Å². The van der Waals surface area contributed by atoms with Crippen LogP contribution in [0.25, 0.3) is 0 Å². The lowest BCUT2D eigenvalue weighted by molar-refractivity contribution is -0.129.